The Hall–Kier alpha value is -0.890. The van der Waals surface area contributed by atoms with Gasteiger partial charge in [-0.3, -0.25) is 0 Å². The highest BCUT2D eigenvalue weighted by molar-refractivity contribution is 8.10. The van der Waals surface area contributed by atoms with Gasteiger partial charge < -0.3 is 5.11 Å². The summed E-state index contributed by atoms with van der Waals surface area (Å²) in [6.45, 7) is 10.4. The van der Waals surface area contributed by atoms with Crippen LogP contribution in [0.25, 0.3) is 0 Å². The van der Waals surface area contributed by atoms with Crippen LogP contribution in [-0.4, -0.2) is 43.5 Å². The molecule has 0 rings (SSSR count). The molecule has 0 spiro atoms. The van der Waals surface area contributed by atoms with E-state index in [2.05, 4.69) is 6.58 Å². The molecule has 0 saturated carbocycles. The Morgan fingerprint density at radius 3 is 1.40 bits per heavy atom. The Bertz CT molecular complexity index is 496. The van der Waals surface area contributed by atoms with Gasteiger partial charge in [-0.2, -0.15) is 0 Å². The van der Waals surface area contributed by atoms with Crippen LogP contribution in [0.5, 0.6) is 0 Å². The first-order valence-electron chi connectivity index (χ1n) is 6.16. The van der Waals surface area contributed by atoms with E-state index in [0.717, 1.165) is 0 Å². The maximum Gasteiger partial charge on any atom is 0.330 e. The molecule has 6 nitrogen and oxygen atoms in total. The van der Waals surface area contributed by atoms with Crippen LogP contribution in [0.3, 0.4) is 0 Å². The molecule has 0 radical (unpaired) electrons. The molecule has 1 N–H and O–H groups in total. The zero-order valence-electron chi connectivity index (χ0n) is 12.6. The molecule has 0 aromatic heterocycles. The Balaban J connectivity index is 0. The predicted molar refractivity (Wildman–Crippen MR) is 80.1 cm³/mol. The molecule has 0 amide bonds. The number of rotatable bonds is 6. The van der Waals surface area contributed by atoms with Gasteiger partial charge in [-0.05, 0) is 20.3 Å². The molecule has 0 heterocycles. The molecule has 120 valence electrons. The minimum Gasteiger partial charge on any atom is -0.478 e. The fraction of sp³-hybridized carbons (Fsp3) is 0.750. The van der Waals surface area contributed by atoms with Crippen LogP contribution >= 0.6 is 0 Å². The fourth-order valence-corrected chi connectivity index (χ4v) is 5.60. The number of aliphatic carboxylic acids is 1. The van der Waals surface area contributed by atoms with Gasteiger partial charge in [0.05, 0.1) is 0 Å². The van der Waals surface area contributed by atoms with Gasteiger partial charge in [-0.25, -0.2) is 21.6 Å². The number of carboxylic acids is 1. The Morgan fingerprint density at radius 1 is 1.05 bits per heavy atom. The van der Waals surface area contributed by atoms with E-state index in [1.54, 1.807) is 6.92 Å². The lowest BCUT2D eigenvalue weighted by Gasteiger charge is -2.26. The lowest BCUT2D eigenvalue weighted by atomic mass is 10.4. The molecule has 0 aliphatic heterocycles. The lowest BCUT2D eigenvalue weighted by Crippen LogP contribution is -2.44. The van der Waals surface area contributed by atoms with Gasteiger partial charge in [0.25, 0.3) is 0 Å². The van der Waals surface area contributed by atoms with Crippen LogP contribution in [0, 0.1) is 0 Å². The average Bonchev–Trinajstić information content (AvgIpc) is 2.37. The average molecular weight is 328 g/mol. The van der Waals surface area contributed by atoms with E-state index in [1.807, 2.05) is 0 Å². The summed E-state index contributed by atoms with van der Waals surface area (Å²) in [5.41, 5.74) is 0.176. The minimum atomic E-state index is -3.57. The fourth-order valence-electron chi connectivity index (χ4n) is 1.24. The van der Waals surface area contributed by atoms with Crippen molar-refractivity contribution in [2.24, 2.45) is 0 Å². The van der Waals surface area contributed by atoms with Gasteiger partial charge in [0.15, 0.2) is 23.8 Å². The maximum absolute atomic E-state index is 11.7. The number of hydrogen-bond acceptors (Lipinski definition) is 5. The minimum absolute atomic E-state index is 0.0966. The van der Waals surface area contributed by atoms with Gasteiger partial charge in [-0.1, -0.05) is 27.4 Å². The molecule has 0 aromatic carbocycles. The van der Waals surface area contributed by atoms with Crippen molar-refractivity contribution in [3.05, 3.63) is 12.2 Å². The first kappa shape index (κ1) is 21.4. The molecule has 0 aliphatic carbocycles. The summed E-state index contributed by atoms with van der Waals surface area (Å²) >= 11 is 0. The quantitative estimate of drug-likeness (QED) is 0.743. The molecule has 0 aromatic rings. The van der Waals surface area contributed by atoms with E-state index >= 15 is 0 Å². The molecule has 0 bridgehead atoms. The second kappa shape index (κ2) is 7.78. The topological polar surface area (TPSA) is 106 Å². The van der Waals surface area contributed by atoms with Crippen LogP contribution in [0.15, 0.2) is 12.2 Å². The van der Waals surface area contributed by atoms with Crippen molar-refractivity contribution in [3.63, 3.8) is 0 Å². The number of carboxylic acid groups (broad SMARTS) is 1. The Morgan fingerprint density at radius 2 is 1.30 bits per heavy atom. The summed E-state index contributed by atoms with van der Waals surface area (Å²) in [6.07, 6.45) is 0.0966. The van der Waals surface area contributed by atoms with Crippen molar-refractivity contribution in [1.82, 2.24) is 0 Å². The summed E-state index contributed by atoms with van der Waals surface area (Å²) in [7, 11) is -7.14. The molecular formula is C12H24O6S2. The molecule has 0 unspecified atom stereocenters. The summed E-state index contributed by atoms with van der Waals surface area (Å²) in [4.78, 5) is 9.60. The van der Waals surface area contributed by atoms with Gasteiger partial charge in [0.2, 0.25) is 0 Å². The summed E-state index contributed by atoms with van der Waals surface area (Å²) in [5.74, 6) is -1.22. The Kier molecular flexibility index (Phi) is 8.32. The van der Waals surface area contributed by atoms with Gasteiger partial charge >= 0.3 is 5.97 Å². The van der Waals surface area contributed by atoms with E-state index in [1.165, 1.54) is 27.7 Å². The second-order valence-corrected chi connectivity index (χ2v) is 10.1. The number of carbonyl (C=O) groups is 1. The van der Waals surface area contributed by atoms with Crippen molar-refractivity contribution in [1.29, 1.82) is 0 Å². The summed E-state index contributed by atoms with van der Waals surface area (Å²) < 4.78 is 45.1. The van der Waals surface area contributed by atoms with Gasteiger partial charge in [0.1, 0.15) is 0 Å². The predicted octanol–water partition coefficient (Wildman–Crippen LogP) is 1.63. The smallest absolute Gasteiger partial charge is 0.330 e. The molecule has 0 saturated heterocycles. The van der Waals surface area contributed by atoms with E-state index in [0.29, 0.717) is 0 Å². The molecule has 0 atom stereocenters. The standard InChI is InChI=1S/C8H18O4S2.C4H6O2/c1-5-8(4,13(9,10)6-2)14(11,12)7-3;1-3(2)4(5)6/h5-7H2,1-4H3;1H2,2H3,(H,5,6). The van der Waals surface area contributed by atoms with Crippen LogP contribution in [0.4, 0.5) is 0 Å². The zero-order chi connectivity index (χ0) is 16.8. The van der Waals surface area contributed by atoms with Crippen molar-refractivity contribution in [3.8, 4) is 0 Å². The normalized spacial score (nSPS) is 12.2. The monoisotopic (exact) mass is 328 g/mol. The first-order valence-corrected chi connectivity index (χ1v) is 9.46. The molecular weight excluding hydrogens is 304 g/mol. The maximum atomic E-state index is 11.7. The van der Waals surface area contributed by atoms with Crippen molar-refractivity contribution < 1.29 is 26.7 Å². The number of sulfone groups is 2. The molecule has 0 fully saturated rings. The third-order valence-electron chi connectivity index (χ3n) is 3.08. The van der Waals surface area contributed by atoms with Crippen molar-refractivity contribution in [2.45, 2.75) is 45.1 Å². The Labute approximate surface area is 121 Å². The van der Waals surface area contributed by atoms with E-state index < -0.39 is 29.7 Å². The van der Waals surface area contributed by atoms with E-state index in [9.17, 15) is 21.6 Å². The van der Waals surface area contributed by atoms with Crippen molar-refractivity contribution >= 4 is 25.6 Å². The van der Waals surface area contributed by atoms with Crippen molar-refractivity contribution in [2.75, 3.05) is 11.5 Å². The van der Waals surface area contributed by atoms with Crippen LogP contribution in [0.2, 0.25) is 0 Å². The third kappa shape index (κ3) is 4.90. The van der Waals surface area contributed by atoms with Crippen LogP contribution < -0.4 is 0 Å². The molecule has 8 heteroatoms. The van der Waals surface area contributed by atoms with E-state index in [-0.39, 0.29) is 23.5 Å². The third-order valence-corrected chi connectivity index (χ3v) is 9.34. The zero-order valence-corrected chi connectivity index (χ0v) is 14.3. The highest BCUT2D eigenvalue weighted by atomic mass is 32.3. The van der Waals surface area contributed by atoms with E-state index in [4.69, 9.17) is 5.11 Å². The van der Waals surface area contributed by atoms with Crippen LogP contribution in [-0.2, 0) is 24.5 Å². The molecule has 0 aliphatic rings. The molecule has 20 heavy (non-hydrogen) atoms. The number of hydrogen-bond donors (Lipinski definition) is 1. The van der Waals surface area contributed by atoms with Gasteiger partial charge in [-0.15, -0.1) is 0 Å². The highest BCUT2D eigenvalue weighted by Crippen LogP contribution is 2.29. The summed E-state index contributed by atoms with van der Waals surface area (Å²) in [6, 6.07) is 0. The highest BCUT2D eigenvalue weighted by Gasteiger charge is 2.47. The first-order chi connectivity index (χ1) is 8.82. The van der Waals surface area contributed by atoms with Gasteiger partial charge in [0, 0.05) is 17.1 Å². The van der Waals surface area contributed by atoms with Crippen LogP contribution in [0.1, 0.15) is 41.0 Å². The SMILES string of the molecule is C=C(C)C(=O)O.CCC(C)(S(=O)(=O)CC)S(=O)(=O)CC. The second-order valence-electron chi connectivity index (χ2n) is 4.38. The summed E-state index contributed by atoms with van der Waals surface area (Å²) in [5, 5.41) is 7.89. The lowest BCUT2D eigenvalue weighted by molar-refractivity contribution is -0.132. The largest absolute Gasteiger partial charge is 0.478 e.